The Hall–Kier alpha value is -2.57. The molecule has 7 heteroatoms. The van der Waals surface area contributed by atoms with Gasteiger partial charge in [0, 0.05) is 6.20 Å². The Morgan fingerprint density at radius 3 is 2.52 bits per heavy atom. The van der Waals surface area contributed by atoms with Crippen LogP contribution in [0, 0.1) is 0 Å². The molecule has 0 atom stereocenters. The summed E-state index contributed by atoms with van der Waals surface area (Å²) >= 11 is 0. The lowest BCUT2D eigenvalue weighted by Crippen LogP contribution is -2.30. The molecule has 0 spiro atoms. The molecular weight excluding hydrogens is 285 g/mol. The van der Waals surface area contributed by atoms with Crippen molar-refractivity contribution in [2.75, 3.05) is 5.32 Å². The van der Waals surface area contributed by atoms with E-state index in [0.717, 1.165) is 5.56 Å². The highest BCUT2D eigenvalue weighted by atomic mass is 19.4. The Balaban J connectivity index is 2.08. The summed E-state index contributed by atoms with van der Waals surface area (Å²) in [5.74, 6) is -2.29. The minimum Gasteiger partial charge on any atom is -0.485 e. The Kier molecular flexibility index (Phi) is 4.42. The quantitative estimate of drug-likeness (QED) is 0.943. The highest BCUT2D eigenvalue weighted by molar-refractivity contribution is 5.95. The zero-order chi connectivity index (χ0) is 15.3. The molecule has 0 saturated heterocycles. The standard InChI is InChI=1S/C14H11F3N2O2/c15-14(16,17)13(20)19-12-11(7-4-8-18-12)21-9-10-5-2-1-3-6-10/h1-8H,9H2,(H,18,19,20). The van der Waals surface area contributed by atoms with Crippen LogP contribution >= 0.6 is 0 Å². The van der Waals surface area contributed by atoms with Crippen molar-refractivity contribution in [3.63, 3.8) is 0 Å². The molecule has 1 amide bonds. The van der Waals surface area contributed by atoms with Gasteiger partial charge in [0.1, 0.15) is 6.61 Å². The van der Waals surface area contributed by atoms with Crippen LogP contribution in [0.1, 0.15) is 5.56 Å². The van der Waals surface area contributed by atoms with E-state index >= 15 is 0 Å². The number of hydrogen-bond donors (Lipinski definition) is 1. The number of amides is 1. The van der Waals surface area contributed by atoms with Crippen LogP contribution in [-0.4, -0.2) is 17.1 Å². The van der Waals surface area contributed by atoms with Crippen molar-refractivity contribution in [1.29, 1.82) is 0 Å². The molecule has 0 aliphatic rings. The second kappa shape index (κ2) is 6.25. The Morgan fingerprint density at radius 2 is 1.86 bits per heavy atom. The fraction of sp³-hybridized carbons (Fsp3) is 0.143. The van der Waals surface area contributed by atoms with Gasteiger partial charge in [-0.15, -0.1) is 0 Å². The summed E-state index contributed by atoms with van der Waals surface area (Å²) in [5, 5.41) is 1.69. The zero-order valence-corrected chi connectivity index (χ0v) is 10.7. The van der Waals surface area contributed by atoms with Gasteiger partial charge >= 0.3 is 12.1 Å². The van der Waals surface area contributed by atoms with Crippen LogP contribution in [-0.2, 0) is 11.4 Å². The van der Waals surface area contributed by atoms with Crippen molar-refractivity contribution in [1.82, 2.24) is 4.98 Å². The largest absolute Gasteiger partial charge is 0.485 e. The van der Waals surface area contributed by atoms with Crippen LogP contribution in [0.3, 0.4) is 0 Å². The highest BCUT2D eigenvalue weighted by Crippen LogP contribution is 2.24. The third-order valence-electron chi connectivity index (χ3n) is 2.50. The molecule has 2 rings (SSSR count). The van der Waals surface area contributed by atoms with Crippen LogP contribution in [0.4, 0.5) is 19.0 Å². The first-order chi connectivity index (χ1) is 9.97. The molecule has 4 nitrogen and oxygen atoms in total. The summed E-state index contributed by atoms with van der Waals surface area (Å²) in [6, 6.07) is 12.0. The molecule has 0 aliphatic heterocycles. The maximum absolute atomic E-state index is 12.2. The summed E-state index contributed by atoms with van der Waals surface area (Å²) in [6.07, 6.45) is -3.71. The molecule has 0 fully saturated rings. The number of hydrogen-bond acceptors (Lipinski definition) is 3. The van der Waals surface area contributed by atoms with E-state index in [1.165, 1.54) is 18.3 Å². The van der Waals surface area contributed by atoms with E-state index < -0.39 is 12.1 Å². The van der Waals surface area contributed by atoms with Gasteiger partial charge in [-0.2, -0.15) is 13.2 Å². The number of carbonyl (C=O) groups excluding carboxylic acids is 1. The lowest BCUT2D eigenvalue weighted by Gasteiger charge is -2.12. The summed E-state index contributed by atoms with van der Waals surface area (Å²) < 4.78 is 42.1. The minimum absolute atomic E-state index is 0.0685. The molecule has 1 aromatic carbocycles. The monoisotopic (exact) mass is 296 g/mol. The number of aromatic nitrogens is 1. The molecule has 1 N–H and O–H groups in total. The summed E-state index contributed by atoms with van der Waals surface area (Å²) in [5.41, 5.74) is 0.842. The first kappa shape index (κ1) is 14.8. The highest BCUT2D eigenvalue weighted by Gasteiger charge is 2.39. The van der Waals surface area contributed by atoms with Gasteiger partial charge < -0.3 is 4.74 Å². The van der Waals surface area contributed by atoms with Gasteiger partial charge in [-0.25, -0.2) is 4.98 Å². The molecule has 0 aliphatic carbocycles. The number of anilines is 1. The summed E-state index contributed by atoms with van der Waals surface area (Å²) in [6.45, 7) is 0.154. The van der Waals surface area contributed by atoms with Crippen molar-refractivity contribution in [2.24, 2.45) is 0 Å². The minimum atomic E-state index is -4.98. The van der Waals surface area contributed by atoms with Crippen molar-refractivity contribution in [3.05, 3.63) is 54.2 Å². The number of nitrogens with one attached hydrogen (secondary N) is 1. The van der Waals surface area contributed by atoms with Crippen molar-refractivity contribution in [2.45, 2.75) is 12.8 Å². The van der Waals surface area contributed by atoms with E-state index in [1.807, 2.05) is 30.3 Å². The molecule has 0 saturated carbocycles. The summed E-state index contributed by atoms with van der Waals surface area (Å²) in [4.78, 5) is 14.6. The fourth-order valence-corrected chi connectivity index (χ4v) is 1.51. The van der Waals surface area contributed by atoms with E-state index in [1.54, 1.807) is 5.32 Å². The van der Waals surface area contributed by atoms with Gasteiger partial charge in [0.05, 0.1) is 0 Å². The van der Waals surface area contributed by atoms with E-state index in [2.05, 4.69) is 4.98 Å². The number of ether oxygens (including phenoxy) is 1. The maximum atomic E-state index is 12.2. The molecule has 1 heterocycles. The third kappa shape index (κ3) is 4.20. The van der Waals surface area contributed by atoms with Gasteiger partial charge in [0.25, 0.3) is 0 Å². The molecule has 2 aromatic rings. The average molecular weight is 296 g/mol. The molecule has 110 valence electrons. The third-order valence-corrected chi connectivity index (χ3v) is 2.50. The van der Waals surface area contributed by atoms with Gasteiger partial charge in [0.2, 0.25) is 0 Å². The number of halogens is 3. The molecule has 0 radical (unpaired) electrons. The van der Waals surface area contributed by atoms with E-state index in [-0.39, 0.29) is 18.2 Å². The van der Waals surface area contributed by atoms with E-state index in [4.69, 9.17) is 4.74 Å². The summed E-state index contributed by atoms with van der Waals surface area (Å²) in [7, 11) is 0. The predicted molar refractivity (Wildman–Crippen MR) is 69.7 cm³/mol. The molecule has 0 unspecified atom stereocenters. The normalized spacial score (nSPS) is 11.0. The van der Waals surface area contributed by atoms with Crippen LogP contribution in [0.5, 0.6) is 5.75 Å². The predicted octanol–water partition coefficient (Wildman–Crippen LogP) is 3.16. The SMILES string of the molecule is O=C(Nc1ncccc1OCc1ccccc1)C(F)(F)F. The van der Waals surface area contributed by atoms with Crippen molar-refractivity contribution in [3.8, 4) is 5.75 Å². The maximum Gasteiger partial charge on any atom is 0.471 e. The molecule has 1 aromatic heterocycles. The fourth-order valence-electron chi connectivity index (χ4n) is 1.51. The van der Waals surface area contributed by atoms with Crippen LogP contribution in [0.2, 0.25) is 0 Å². The second-order valence-corrected chi connectivity index (χ2v) is 4.08. The topological polar surface area (TPSA) is 51.2 Å². The molecule has 0 bridgehead atoms. The Morgan fingerprint density at radius 1 is 1.14 bits per heavy atom. The van der Waals surface area contributed by atoms with Gasteiger partial charge in [-0.3, -0.25) is 10.1 Å². The number of pyridine rings is 1. The molecular formula is C14H11F3N2O2. The van der Waals surface area contributed by atoms with Gasteiger partial charge in [-0.1, -0.05) is 30.3 Å². The Labute approximate surface area is 118 Å². The first-order valence-corrected chi connectivity index (χ1v) is 5.97. The number of carbonyl (C=O) groups is 1. The van der Waals surface area contributed by atoms with Crippen molar-refractivity contribution >= 4 is 11.7 Å². The van der Waals surface area contributed by atoms with Gasteiger partial charge in [0.15, 0.2) is 11.6 Å². The first-order valence-electron chi connectivity index (χ1n) is 5.97. The van der Waals surface area contributed by atoms with Crippen LogP contribution < -0.4 is 10.1 Å². The average Bonchev–Trinajstić information content (AvgIpc) is 2.46. The van der Waals surface area contributed by atoms with E-state index in [9.17, 15) is 18.0 Å². The number of rotatable bonds is 4. The van der Waals surface area contributed by atoms with Crippen molar-refractivity contribution < 1.29 is 22.7 Å². The zero-order valence-electron chi connectivity index (χ0n) is 10.7. The lowest BCUT2D eigenvalue weighted by atomic mass is 10.2. The molecule has 21 heavy (non-hydrogen) atoms. The second-order valence-electron chi connectivity index (χ2n) is 4.08. The van der Waals surface area contributed by atoms with Crippen LogP contribution in [0.15, 0.2) is 48.7 Å². The lowest BCUT2D eigenvalue weighted by molar-refractivity contribution is -0.167. The van der Waals surface area contributed by atoms with Gasteiger partial charge in [-0.05, 0) is 17.7 Å². The number of alkyl halides is 3. The van der Waals surface area contributed by atoms with Crippen LogP contribution in [0.25, 0.3) is 0 Å². The number of benzene rings is 1. The smallest absolute Gasteiger partial charge is 0.471 e. The number of nitrogens with zero attached hydrogens (tertiary/aromatic N) is 1. The Bertz CT molecular complexity index is 615. The van der Waals surface area contributed by atoms with E-state index in [0.29, 0.717) is 0 Å².